The molecule has 0 spiro atoms. The van der Waals surface area contributed by atoms with Gasteiger partial charge in [-0.05, 0) is 24.3 Å². The highest BCUT2D eigenvalue weighted by Crippen LogP contribution is 2.13. The van der Waals surface area contributed by atoms with Crippen molar-refractivity contribution in [2.45, 2.75) is 12.2 Å². The molecule has 0 amide bonds. The van der Waals surface area contributed by atoms with Crippen LogP contribution in [-0.4, -0.2) is 52.5 Å². The summed E-state index contributed by atoms with van der Waals surface area (Å²) in [6, 6.07) is 5.51. The number of benzene rings is 1. The van der Waals surface area contributed by atoms with Crippen LogP contribution in [0.2, 0.25) is 0 Å². The number of aliphatic hydroxyl groups excluding tert-OH is 1. The average Bonchev–Trinajstić information content (AvgIpc) is 2.43. The summed E-state index contributed by atoms with van der Waals surface area (Å²) >= 11 is 0. The Balaban J connectivity index is 2.85. The Morgan fingerprint density at radius 1 is 1.05 bits per heavy atom. The van der Waals surface area contributed by atoms with Gasteiger partial charge in [-0.2, -0.15) is 0 Å². The van der Waals surface area contributed by atoms with Gasteiger partial charge in [0, 0.05) is 0 Å². The van der Waals surface area contributed by atoms with E-state index in [-0.39, 0.29) is 5.56 Å². The van der Waals surface area contributed by atoms with Crippen molar-refractivity contribution >= 4 is 17.9 Å². The monoisotopic (exact) mass is 284 g/mol. The normalized spacial score (nSPS) is 13.1. The molecule has 0 aliphatic heterocycles. The molecule has 20 heavy (non-hydrogen) atoms. The zero-order chi connectivity index (χ0) is 15.3. The van der Waals surface area contributed by atoms with Crippen molar-refractivity contribution in [1.29, 1.82) is 0 Å². The predicted octanol–water partition coefficient (Wildman–Crippen LogP) is -0.249. The molecule has 3 N–H and O–H groups in total. The molecule has 0 radical (unpaired) electrons. The van der Waals surface area contributed by atoms with Crippen molar-refractivity contribution in [2.24, 2.45) is 0 Å². The summed E-state index contributed by atoms with van der Waals surface area (Å²) in [5.41, 5.74) is -0.00496. The van der Waals surface area contributed by atoms with Gasteiger partial charge in [0.2, 0.25) is 6.10 Å². The third-order valence-corrected chi connectivity index (χ3v) is 2.34. The topological polar surface area (TPSA) is 130 Å². The number of methoxy groups -OCH3 is 1. The third kappa shape index (κ3) is 3.69. The summed E-state index contributed by atoms with van der Waals surface area (Å²) in [6.07, 6.45) is -4.54. The number of esters is 1. The van der Waals surface area contributed by atoms with Crippen LogP contribution in [0.1, 0.15) is 10.4 Å². The maximum atomic E-state index is 11.7. The number of rotatable bonds is 6. The highest BCUT2D eigenvalue weighted by Gasteiger charge is 2.35. The fourth-order valence-electron chi connectivity index (χ4n) is 1.29. The molecule has 1 rings (SSSR count). The second kappa shape index (κ2) is 6.53. The molecule has 1 aromatic rings. The first kappa shape index (κ1) is 15.4. The second-order valence-corrected chi connectivity index (χ2v) is 3.68. The van der Waals surface area contributed by atoms with Gasteiger partial charge in [-0.25, -0.2) is 14.4 Å². The van der Waals surface area contributed by atoms with E-state index in [2.05, 4.69) is 4.74 Å². The molecular formula is C12H12O8. The van der Waals surface area contributed by atoms with Crippen molar-refractivity contribution < 1.29 is 39.2 Å². The van der Waals surface area contributed by atoms with E-state index < -0.39 is 30.1 Å². The van der Waals surface area contributed by atoms with E-state index in [0.717, 1.165) is 0 Å². The molecule has 108 valence electrons. The molecule has 2 atom stereocenters. The molecule has 0 aromatic heterocycles. The van der Waals surface area contributed by atoms with Crippen LogP contribution in [0.5, 0.6) is 5.75 Å². The molecule has 8 nitrogen and oxygen atoms in total. The standard InChI is InChI=1S/C12H12O8/c1-19-7-4-2-6(3-5-7)12(18)20-9(11(16)17)8(13)10(14)15/h2-5,8-9,13H,1H3,(H,14,15)(H,16,17)/t8-,9-/m1/s1. The van der Waals surface area contributed by atoms with Gasteiger partial charge in [0.1, 0.15) is 5.75 Å². The Bertz CT molecular complexity index is 507. The Labute approximate surface area is 113 Å². The predicted molar refractivity (Wildman–Crippen MR) is 63.5 cm³/mol. The number of carbonyl (C=O) groups is 3. The number of carbonyl (C=O) groups excluding carboxylic acids is 1. The van der Waals surface area contributed by atoms with E-state index in [1.807, 2.05) is 0 Å². The first-order valence-electron chi connectivity index (χ1n) is 5.35. The number of aliphatic hydroxyl groups is 1. The van der Waals surface area contributed by atoms with E-state index >= 15 is 0 Å². The molecule has 1 aromatic carbocycles. The zero-order valence-corrected chi connectivity index (χ0v) is 10.3. The Morgan fingerprint density at radius 2 is 1.60 bits per heavy atom. The Kier molecular flexibility index (Phi) is 5.04. The number of carboxylic acids is 2. The number of ether oxygens (including phenoxy) is 2. The fourth-order valence-corrected chi connectivity index (χ4v) is 1.29. The SMILES string of the molecule is COc1ccc(C(=O)O[C@@H](C(=O)O)[C@@H](O)C(=O)O)cc1. The minimum Gasteiger partial charge on any atom is -0.497 e. The summed E-state index contributed by atoms with van der Waals surface area (Å²) in [5.74, 6) is -4.16. The summed E-state index contributed by atoms with van der Waals surface area (Å²) < 4.78 is 9.36. The van der Waals surface area contributed by atoms with Crippen molar-refractivity contribution in [1.82, 2.24) is 0 Å². The van der Waals surface area contributed by atoms with Crippen LogP contribution < -0.4 is 4.74 Å². The van der Waals surface area contributed by atoms with Gasteiger partial charge >= 0.3 is 17.9 Å². The first-order chi connectivity index (χ1) is 9.36. The van der Waals surface area contributed by atoms with Crippen LogP contribution in [0.4, 0.5) is 0 Å². The van der Waals surface area contributed by atoms with Gasteiger partial charge < -0.3 is 24.8 Å². The lowest BCUT2D eigenvalue weighted by Crippen LogP contribution is -2.43. The summed E-state index contributed by atoms with van der Waals surface area (Å²) in [6.45, 7) is 0. The molecule has 0 unspecified atom stereocenters. The molecule has 0 bridgehead atoms. The molecule has 0 fully saturated rings. The largest absolute Gasteiger partial charge is 0.497 e. The highest BCUT2D eigenvalue weighted by molar-refractivity contribution is 5.92. The first-order valence-corrected chi connectivity index (χ1v) is 5.35. The summed E-state index contributed by atoms with van der Waals surface area (Å²) in [4.78, 5) is 33.0. The van der Waals surface area contributed by atoms with Crippen LogP contribution in [0.25, 0.3) is 0 Å². The van der Waals surface area contributed by atoms with Gasteiger partial charge in [0.05, 0.1) is 12.7 Å². The molecule has 0 aliphatic rings. The average molecular weight is 284 g/mol. The summed E-state index contributed by atoms with van der Waals surface area (Å²) in [7, 11) is 1.43. The molecule has 8 heteroatoms. The van der Waals surface area contributed by atoms with E-state index in [0.29, 0.717) is 5.75 Å². The minimum absolute atomic E-state index is 0.00496. The van der Waals surface area contributed by atoms with Gasteiger partial charge in [-0.15, -0.1) is 0 Å². The van der Waals surface area contributed by atoms with E-state index in [1.165, 1.54) is 31.4 Å². The lowest BCUT2D eigenvalue weighted by Gasteiger charge is -2.16. The Hall–Kier alpha value is -2.61. The van der Waals surface area contributed by atoms with Crippen molar-refractivity contribution in [3.05, 3.63) is 29.8 Å². The maximum Gasteiger partial charge on any atom is 0.348 e. The van der Waals surface area contributed by atoms with Crippen LogP contribution >= 0.6 is 0 Å². The van der Waals surface area contributed by atoms with Gasteiger partial charge in [0.25, 0.3) is 0 Å². The van der Waals surface area contributed by atoms with Crippen LogP contribution in [0.3, 0.4) is 0 Å². The van der Waals surface area contributed by atoms with Gasteiger partial charge in [-0.3, -0.25) is 0 Å². The van der Waals surface area contributed by atoms with Crippen molar-refractivity contribution in [2.75, 3.05) is 7.11 Å². The third-order valence-electron chi connectivity index (χ3n) is 2.34. The number of hydrogen-bond donors (Lipinski definition) is 3. The van der Waals surface area contributed by atoms with E-state index in [9.17, 15) is 14.4 Å². The zero-order valence-electron chi connectivity index (χ0n) is 10.3. The van der Waals surface area contributed by atoms with E-state index in [4.69, 9.17) is 20.1 Å². The van der Waals surface area contributed by atoms with E-state index in [1.54, 1.807) is 0 Å². The number of aliphatic carboxylic acids is 2. The number of carboxylic acid groups (broad SMARTS) is 2. The van der Waals surface area contributed by atoms with Crippen LogP contribution in [-0.2, 0) is 14.3 Å². The van der Waals surface area contributed by atoms with Gasteiger partial charge in [-0.1, -0.05) is 0 Å². The number of hydrogen-bond acceptors (Lipinski definition) is 6. The molecular weight excluding hydrogens is 272 g/mol. The minimum atomic E-state index is -2.35. The second-order valence-electron chi connectivity index (χ2n) is 3.68. The lowest BCUT2D eigenvalue weighted by molar-refractivity contribution is -0.166. The smallest absolute Gasteiger partial charge is 0.348 e. The van der Waals surface area contributed by atoms with Gasteiger partial charge in [0.15, 0.2) is 6.10 Å². The quantitative estimate of drug-likeness (QED) is 0.609. The van der Waals surface area contributed by atoms with Crippen molar-refractivity contribution in [3.8, 4) is 5.75 Å². The molecule has 0 aliphatic carbocycles. The molecule has 0 heterocycles. The highest BCUT2D eigenvalue weighted by atomic mass is 16.6. The lowest BCUT2D eigenvalue weighted by atomic mass is 10.2. The van der Waals surface area contributed by atoms with Crippen LogP contribution in [0.15, 0.2) is 24.3 Å². The molecule has 0 saturated heterocycles. The van der Waals surface area contributed by atoms with Crippen LogP contribution in [0, 0.1) is 0 Å². The van der Waals surface area contributed by atoms with Crippen molar-refractivity contribution in [3.63, 3.8) is 0 Å². The summed E-state index contributed by atoms with van der Waals surface area (Å²) in [5, 5.41) is 26.4. The molecule has 0 saturated carbocycles. The fraction of sp³-hybridized carbons (Fsp3) is 0.250. The Morgan fingerprint density at radius 3 is 2.00 bits per heavy atom. The maximum absolute atomic E-state index is 11.7.